The molecule has 2 N–H and O–H groups in total. The lowest BCUT2D eigenvalue weighted by Gasteiger charge is -2.27. The third-order valence-corrected chi connectivity index (χ3v) is 5.31. The highest BCUT2D eigenvalue weighted by atomic mass is 32.2. The molecule has 2 atom stereocenters. The van der Waals surface area contributed by atoms with Crippen molar-refractivity contribution in [1.82, 2.24) is 4.90 Å². The van der Waals surface area contributed by atoms with Gasteiger partial charge in [-0.15, -0.1) is 0 Å². The summed E-state index contributed by atoms with van der Waals surface area (Å²) in [5, 5.41) is 5.14. The first-order valence-electron chi connectivity index (χ1n) is 6.92. The first kappa shape index (κ1) is 14.3. The molecular formula is C14H18N2O4S. The molecule has 3 rings (SSSR count). The fraction of sp³-hybridized carbons (Fsp3) is 0.500. The standard InChI is InChI=1S/C14H18N2O4S/c1-20-13-5-4-11(21(15,18)19)7-12(13)14(17)16-8-9-2-3-10(16)6-9/h4-5,7,9-10H,2-3,6,8H2,1H3,(H2,15,18,19). The SMILES string of the molecule is COc1ccc(S(N)(=O)=O)cc1C(=O)N1CC2CCC1C2. The van der Waals surface area contributed by atoms with E-state index < -0.39 is 10.0 Å². The van der Waals surface area contributed by atoms with Crippen LogP contribution in [0.4, 0.5) is 0 Å². The number of sulfonamides is 1. The Labute approximate surface area is 123 Å². The minimum absolute atomic E-state index is 0.0731. The van der Waals surface area contributed by atoms with Crippen molar-refractivity contribution >= 4 is 15.9 Å². The van der Waals surface area contributed by atoms with Gasteiger partial charge in [0.1, 0.15) is 5.75 Å². The van der Waals surface area contributed by atoms with Crippen LogP contribution in [0.3, 0.4) is 0 Å². The van der Waals surface area contributed by atoms with Crippen molar-refractivity contribution in [3.05, 3.63) is 23.8 Å². The van der Waals surface area contributed by atoms with Gasteiger partial charge in [0.2, 0.25) is 10.0 Å². The molecule has 1 aromatic carbocycles. The quantitative estimate of drug-likeness (QED) is 0.900. The number of hydrogen-bond acceptors (Lipinski definition) is 4. The lowest BCUT2D eigenvalue weighted by atomic mass is 10.1. The number of ether oxygens (including phenoxy) is 1. The van der Waals surface area contributed by atoms with Crippen molar-refractivity contribution in [3.63, 3.8) is 0 Å². The molecule has 1 aromatic rings. The maximum atomic E-state index is 12.7. The summed E-state index contributed by atoms with van der Waals surface area (Å²) in [5.41, 5.74) is 0.261. The minimum Gasteiger partial charge on any atom is -0.496 e. The molecule has 7 heteroatoms. The summed E-state index contributed by atoms with van der Waals surface area (Å²) in [4.78, 5) is 14.5. The molecule has 1 aliphatic carbocycles. The summed E-state index contributed by atoms with van der Waals surface area (Å²) >= 11 is 0. The zero-order valence-electron chi connectivity index (χ0n) is 11.8. The molecule has 1 heterocycles. The van der Waals surface area contributed by atoms with Crippen LogP contribution in [0.5, 0.6) is 5.75 Å². The average Bonchev–Trinajstić information content (AvgIpc) is 3.07. The number of piperidine rings is 1. The molecule has 1 saturated carbocycles. The Morgan fingerprint density at radius 1 is 1.38 bits per heavy atom. The van der Waals surface area contributed by atoms with Gasteiger partial charge in [0.25, 0.3) is 5.91 Å². The van der Waals surface area contributed by atoms with E-state index in [4.69, 9.17) is 9.88 Å². The normalized spacial score (nSPS) is 24.4. The first-order chi connectivity index (χ1) is 9.90. The van der Waals surface area contributed by atoms with Crippen LogP contribution >= 0.6 is 0 Å². The molecule has 1 aliphatic heterocycles. The van der Waals surface area contributed by atoms with Crippen molar-refractivity contribution in [2.24, 2.45) is 11.1 Å². The van der Waals surface area contributed by atoms with E-state index >= 15 is 0 Å². The van der Waals surface area contributed by atoms with Gasteiger partial charge in [-0.2, -0.15) is 0 Å². The molecule has 6 nitrogen and oxygen atoms in total. The lowest BCUT2D eigenvalue weighted by Crippen LogP contribution is -2.37. The highest BCUT2D eigenvalue weighted by Gasteiger charge is 2.41. The zero-order chi connectivity index (χ0) is 15.2. The Morgan fingerprint density at radius 3 is 2.67 bits per heavy atom. The number of hydrogen-bond donors (Lipinski definition) is 1. The number of fused-ring (bicyclic) bond motifs is 2. The summed E-state index contributed by atoms with van der Waals surface area (Å²) in [6.45, 7) is 0.742. The fourth-order valence-corrected chi connectivity index (χ4v) is 3.90. The second-order valence-corrected chi connectivity index (χ2v) is 7.26. The number of nitrogens with two attached hydrogens (primary N) is 1. The number of carbonyl (C=O) groups excluding carboxylic acids is 1. The second-order valence-electron chi connectivity index (χ2n) is 5.70. The molecule has 0 aromatic heterocycles. The van der Waals surface area contributed by atoms with Gasteiger partial charge in [-0.1, -0.05) is 0 Å². The molecule has 2 aliphatic rings. The number of methoxy groups -OCH3 is 1. The van der Waals surface area contributed by atoms with Crippen LogP contribution in [-0.2, 0) is 10.0 Å². The predicted octanol–water partition coefficient (Wildman–Crippen LogP) is 0.967. The summed E-state index contributed by atoms with van der Waals surface area (Å²) in [7, 11) is -2.39. The van der Waals surface area contributed by atoms with Crippen LogP contribution < -0.4 is 9.88 Å². The van der Waals surface area contributed by atoms with Gasteiger partial charge in [-0.05, 0) is 43.4 Å². The number of rotatable bonds is 3. The summed E-state index contributed by atoms with van der Waals surface area (Å²) < 4.78 is 28.1. The maximum absolute atomic E-state index is 12.7. The smallest absolute Gasteiger partial charge is 0.257 e. The fourth-order valence-electron chi connectivity index (χ4n) is 3.36. The monoisotopic (exact) mass is 310 g/mol. The molecular weight excluding hydrogens is 292 g/mol. The highest BCUT2D eigenvalue weighted by molar-refractivity contribution is 7.89. The number of likely N-dealkylation sites (tertiary alicyclic amines) is 1. The van der Waals surface area contributed by atoms with Gasteiger partial charge in [-0.3, -0.25) is 4.79 Å². The Bertz CT molecular complexity index is 686. The van der Waals surface area contributed by atoms with E-state index in [2.05, 4.69) is 0 Å². The highest BCUT2D eigenvalue weighted by Crippen LogP contribution is 2.39. The number of primary sulfonamides is 1. The van der Waals surface area contributed by atoms with Gasteiger partial charge in [0, 0.05) is 12.6 Å². The van der Waals surface area contributed by atoms with Crippen molar-refractivity contribution in [2.75, 3.05) is 13.7 Å². The molecule has 1 saturated heterocycles. The van der Waals surface area contributed by atoms with Crippen molar-refractivity contribution < 1.29 is 17.9 Å². The number of carbonyl (C=O) groups is 1. The summed E-state index contributed by atoms with van der Waals surface area (Å²) in [5.74, 6) is 0.770. The number of amides is 1. The van der Waals surface area contributed by atoms with Crippen LogP contribution in [0, 0.1) is 5.92 Å². The topological polar surface area (TPSA) is 89.7 Å². The van der Waals surface area contributed by atoms with Crippen LogP contribution in [0.15, 0.2) is 23.1 Å². The Hall–Kier alpha value is -1.60. The van der Waals surface area contributed by atoms with Gasteiger partial charge in [0.15, 0.2) is 0 Å². The van der Waals surface area contributed by atoms with Gasteiger partial charge in [0.05, 0.1) is 17.6 Å². The Balaban J connectivity index is 1.98. The average molecular weight is 310 g/mol. The molecule has 21 heavy (non-hydrogen) atoms. The summed E-state index contributed by atoms with van der Waals surface area (Å²) in [6.07, 6.45) is 3.24. The molecule has 1 amide bonds. The predicted molar refractivity (Wildman–Crippen MR) is 76.5 cm³/mol. The van der Waals surface area contributed by atoms with E-state index in [1.165, 1.54) is 31.7 Å². The van der Waals surface area contributed by atoms with Crippen molar-refractivity contribution in [3.8, 4) is 5.75 Å². The van der Waals surface area contributed by atoms with Crippen LogP contribution in [0.2, 0.25) is 0 Å². The molecule has 2 bridgehead atoms. The van der Waals surface area contributed by atoms with Gasteiger partial charge >= 0.3 is 0 Å². The van der Waals surface area contributed by atoms with Gasteiger partial charge < -0.3 is 9.64 Å². The molecule has 0 spiro atoms. The van der Waals surface area contributed by atoms with E-state index in [0.717, 1.165) is 19.4 Å². The van der Waals surface area contributed by atoms with E-state index in [9.17, 15) is 13.2 Å². The van der Waals surface area contributed by atoms with E-state index in [1.54, 1.807) is 0 Å². The van der Waals surface area contributed by atoms with Crippen LogP contribution in [-0.4, -0.2) is 38.9 Å². The molecule has 0 radical (unpaired) electrons. The third-order valence-electron chi connectivity index (χ3n) is 4.40. The second kappa shape index (κ2) is 4.99. The largest absolute Gasteiger partial charge is 0.496 e. The number of nitrogens with zero attached hydrogens (tertiary/aromatic N) is 1. The molecule has 2 unspecified atom stereocenters. The van der Waals surface area contributed by atoms with E-state index in [1.807, 2.05) is 4.90 Å². The third kappa shape index (κ3) is 2.51. The molecule has 2 fully saturated rings. The first-order valence-corrected chi connectivity index (χ1v) is 8.46. The van der Waals surface area contributed by atoms with E-state index in [0.29, 0.717) is 11.7 Å². The summed E-state index contributed by atoms with van der Waals surface area (Å²) in [6, 6.07) is 4.40. The van der Waals surface area contributed by atoms with Crippen molar-refractivity contribution in [2.45, 2.75) is 30.2 Å². The van der Waals surface area contributed by atoms with Crippen molar-refractivity contribution in [1.29, 1.82) is 0 Å². The lowest BCUT2D eigenvalue weighted by molar-refractivity contribution is 0.0700. The number of benzene rings is 1. The van der Waals surface area contributed by atoms with Crippen LogP contribution in [0.25, 0.3) is 0 Å². The minimum atomic E-state index is -3.84. The van der Waals surface area contributed by atoms with Crippen LogP contribution in [0.1, 0.15) is 29.6 Å². The Morgan fingerprint density at radius 2 is 2.14 bits per heavy atom. The Kier molecular flexibility index (Phi) is 3.41. The maximum Gasteiger partial charge on any atom is 0.257 e. The van der Waals surface area contributed by atoms with Gasteiger partial charge in [-0.25, -0.2) is 13.6 Å². The molecule has 114 valence electrons. The van der Waals surface area contributed by atoms with E-state index in [-0.39, 0.29) is 22.4 Å². The zero-order valence-corrected chi connectivity index (χ0v) is 12.6.